The van der Waals surface area contributed by atoms with Crippen LogP contribution in [0.15, 0.2) is 54.7 Å². The molecule has 6 rings (SSSR count). The first-order valence-electron chi connectivity index (χ1n) is 13.8. The van der Waals surface area contributed by atoms with E-state index < -0.39 is 12.7 Å². The number of carbonyl (C=O) groups is 1. The van der Waals surface area contributed by atoms with E-state index in [1.165, 1.54) is 23.9 Å². The second-order valence-corrected chi connectivity index (χ2v) is 9.58. The van der Waals surface area contributed by atoms with Crippen LogP contribution >= 0.6 is 0 Å². The largest absolute Gasteiger partial charge is 0.381 e. The van der Waals surface area contributed by atoms with E-state index in [-0.39, 0.29) is 34.7 Å². The summed E-state index contributed by atoms with van der Waals surface area (Å²) in [6.45, 7) is 0.173. The number of halogens is 1. The van der Waals surface area contributed by atoms with Gasteiger partial charge in [-0.3, -0.25) is 9.78 Å². The Bertz CT molecular complexity index is 1740. The number of Topliss-reactive ketones (excluding diaryl/α,β-unsaturated/α-hetero) is 1. The van der Waals surface area contributed by atoms with E-state index in [0.29, 0.717) is 40.7 Å². The maximum absolute atomic E-state index is 15.9. The summed E-state index contributed by atoms with van der Waals surface area (Å²) in [6, 6.07) is 14.8. The molecule has 1 aliphatic heterocycles. The van der Waals surface area contributed by atoms with Crippen LogP contribution in [-0.2, 0) is 11.8 Å². The van der Waals surface area contributed by atoms with Crippen molar-refractivity contribution in [3.8, 4) is 11.3 Å². The molecule has 4 heterocycles. The molecular formula is C29H28FN5O2. The van der Waals surface area contributed by atoms with Gasteiger partial charge in [-0.05, 0) is 56.3 Å². The van der Waals surface area contributed by atoms with Gasteiger partial charge in [0.1, 0.15) is 5.82 Å². The standard InChI is InChI=1S/C29H28FN5O2/c1-17-28(34(3)33-32-17)22-15-25-23(14-24(22)30)27-26(13-21(16-31-27)18(2)36)35(25)29(19-7-5-4-6-8-19)20-9-11-37-12-10-20/h4-8,13-16,20,29H,9-12H2,1-3H3/t29-/m1/s1/i1D3. The Hall–Kier alpha value is -3.91. The van der Waals surface area contributed by atoms with Crippen molar-refractivity contribution in [1.82, 2.24) is 24.5 Å². The minimum atomic E-state index is -2.58. The summed E-state index contributed by atoms with van der Waals surface area (Å²) >= 11 is 0. The molecule has 0 radical (unpaired) electrons. The number of aromatic nitrogens is 5. The van der Waals surface area contributed by atoms with Gasteiger partial charge in [0.15, 0.2) is 5.78 Å². The normalized spacial score (nSPS) is 17.0. The zero-order valence-electron chi connectivity index (χ0n) is 23.6. The molecule has 0 bridgehead atoms. The van der Waals surface area contributed by atoms with Crippen LogP contribution in [-0.4, -0.2) is 43.5 Å². The molecule has 1 fully saturated rings. The molecule has 3 aromatic heterocycles. The third-order valence-electron chi connectivity index (χ3n) is 7.35. The van der Waals surface area contributed by atoms with E-state index in [9.17, 15) is 4.79 Å². The lowest BCUT2D eigenvalue weighted by molar-refractivity contribution is 0.0553. The van der Waals surface area contributed by atoms with Gasteiger partial charge in [0.05, 0.1) is 34.0 Å². The molecule has 0 unspecified atom stereocenters. The lowest BCUT2D eigenvalue weighted by Crippen LogP contribution is -2.27. The van der Waals surface area contributed by atoms with Crippen molar-refractivity contribution in [1.29, 1.82) is 0 Å². The highest BCUT2D eigenvalue weighted by Gasteiger charge is 2.31. The Kier molecular flexibility index (Phi) is 5.01. The molecule has 1 saturated heterocycles. The van der Waals surface area contributed by atoms with Crippen molar-refractivity contribution in [2.45, 2.75) is 32.7 Å². The maximum Gasteiger partial charge on any atom is 0.161 e. The Morgan fingerprint density at radius 1 is 1.16 bits per heavy atom. The van der Waals surface area contributed by atoms with Crippen LogP contribution in [0.2, 0.25) is 0 Å². The van der Waals surface area contributed by atoms with Crippen molar-refractivity contribution in [2.24, 2.45) is 13.0 Å². The van der Waals surface area contributed by atoms with E-state index in [1.54, 1.807) is 13.1 Å². The summed E-state index contributed by atoms with van der Waals surface area (Å²) in [5, 5.41) is 8.33. The number of ether oxygens (including phenoxy) is 1. The zero-order chi connectivity index (χ0) is 28.2. The SMILES string of the molecule is [2H]C([2H])([2H])c1nnn(C)c1-c1cc2c(cc1F)c1ncc(C(C)=O)cc1n2[C@H](c1ccccc1)C1CCOCC1. The number of fused-ring (bicyclic) bond motifs is 3. The lowest BCUT2D eigenvalue weighted by atomic mass is 9.86. The summed E-state index contributed by atoms with van der Waals surface area (Å²) in [5.74, 6) is -0.536. The highest BCUT2D eigenvalue weighted by atomic mass is 19.1. The number of pyridine rings is 1. The highest BCUT2D eigenvalue weighted by Crippen LogP contribution is 2.42. The van der Waals surface area contributed by atoms with Crippen LogP contribution in [0.25, 0.3) is 33.2 Å². The average molecular weight is 501 g/mol. The number of ketones is 1. The van der Waals surface area contributed by atoms with Crippen molar-refractivity contribution in [3.05, 3.63) is 77.4 Å². The summed E-state index contributed by atoms with van der Waals surface area (Å²) in [4.78, 5) is 17.0. The molecular weight excluding hydrogens is 469 g/mol. The summed E-state index contributed by atoms with van der Waals surface area (Å²) in [7, 11) is 1.55. The van der Waals surface area contributed by atoms with Gasteiger partial charge in [0.2, 0.25) is 0 Å². The Labute approximate surface area is 218 Å². The van der Waals surface area contributed by atoms with Crippen LogP contribution in [0.3, 0.4) is 0 Å². The fraction of sp³-hybridized carbons (Fsp3) is 0.310. The topological polar surface area (TPSA) is 74.8 Å². The van der Waals surface area contributed by atoms with E-state index in [0.717, 1.165) is 18.4 Å². The fourth-order valence-corrected chi connectivity index (χ4v) is 5.57. The third kappa shape index (κ3) is 3.92. The van der Waals surface area contributed by atoms with E-state index in [2.05, 4.69) is 32.0 Å². The van der Waals surface area contributed by atoms with Gasteiger partial charge in [-0.25, -0.2) is 9.07 Å². The molecule has 0 amide bonds. The third-order valence-corrected chi connectivity index (χ3v) is 7.35. The molecule has 1 aliphatic rings. The molecule has 0 spiro atoms. The number of benzene rings is 2. The van der Waals surface area contributed by atoms with Gasteiger partial charge in [-0.1, -0.05) is 35.5 Å². The van der Waals surface area contributed by atoms with E-state index in [4.69, 9.17) is 8.85 Å². The first-order valence-corrected chi connectivity index (χ1v) is 12.3. The molecule has 0 aliphatic carbocycles. The number of hydrogen-bond acceptors (Lipinski definition) is 5. The second-order valence-electron chi connectivity index (χ2n) is 9.58. The van der Waals surface area contributed by atoms with Gasteiger partial charge in [0, 0.05) is 47.1 Å². The Balaban J connectivity index is 1.72. The monoisotopic (exact) mass is 500 g/mol. The van der Waals surface area contributed by atoms with Crippen LogP contribution < -0.4 is 0 Å². The van der Waals surface area contributed by atoms with Crippen molar-refractivity contribution in [2.75, 3.05) is 13.2 Å². The fourth-order valence-electron chi connectivity index (χ4n) is 5.57. The quantitative estimate of drug-likeness (QED) is 0.292. The zero-order valence-corrected chi connectivity index (χ0v) is 20.6. The van der Waals surface area contributed by atoms with Crippen LogP contribution in [0, 0.1) is 18.6 Å². The molecule has 2 aromatic carbocycles. The maximum atomic E-state index is 15.9. The van der Waals surface area contributed by atoms with Crippen LogP contribution in [0.4, 0.5) is 4.39 Å². The summed E-state index contributed by atoms with van der Waals surface area (Å²) < 4.78 is 48.9. The average Bonchev–Trinajstić information content (AvgIpc) is 3.47. The predicted molar refractivity (Wildman–Crippen MR) is 140 cm³/mol. The molecule has 188 valence electrons. The lowest BCUT2D eigenvalue weighted by Gasteiger charge is -2.33. The molecule has 37 heavy (non-hydrogen) atoms. The van der Waals surface area contributed by atoms with Gasteiger partial charge >= 0.3 is 0 Å². The minimum absolute atomic E-state index is 0.0840. The highest BCUT2D eigenvalue weighted by molar-refractivity contribution is 6.09. The number of nitrogens with zero attached hydrogens (tertiary/aromatic N) is 5. The number of aryl methyl sites for hydroxylation is 2. The number of hydrogen-bond donors (Lipinski definition) is 0. The van der Waals surface area contributed by atoms with E-state index >= 15 is 4.39 Å². The summed E-state index contributed by atoms with van der Waals surface area (Å²) in [6.07, 6.45) is 3.16. The van der Waals surface area contributed by atoms with Gasteiger partial charge in [-0.15, -0.1) is 5.10 Å². The molecule has 0 saturated carbocycles. The van der Waals surface area contributed by atoms with Crippen molar-refractivity contribution >= 4 is 27.7 Å². The van der Waals surface area contributed by atoms with Crippen LogP contribution in [0.5, 0.6) is 0 Å². The summed E-state index contributed by atoms with van der Waals surface area (Å²) in [5.41, 5.74) is 3.39. The Morgan fingerprint density at radius 2 is 1.95 bits per heavy atom. The number of rotatable bonds is 5. The van der Waals surface area contributed by atoms with E-state index in [1.807, 2.05) is 24.3 Å². The first kappa shape index (κ1) is 20.2. The van der Waals surface area contributed by atoms with Gasteiger partial charge < -0.3 is 9.30 Å². The first-order chi connectivity index (χ1) is 19.1. The molecule has 7 nitrogen and oxygen atoms in total. The Morgan fingerprint density at radius 3 is 2.68 bits per heavy atom. The molecule has 0 N–H and O–H groups in total. The molecule has 1 atom stereocenters. The van der Waals surface area contributed by atoms with Crippen molar-refractivity contribution < 1.29 is 18.0 Å². The minimum Gasteiger partial charge on any atom is -0.381 e. The van der Waals surface area contributed by atoms with Gasteiger partial charge in [0.25, 0.3) is 0 Å². The molecule has 8 heteroatoms. The smallest absolute Gasteiger partial charge is 0.161 e. The number of carbonyl (C=O) groups excluding carboxylic acids is 1. The van der Waals surface area contributed by atoms with Gasteiger partial charge in [-0.2, -0.15) is 0 Å². The van der Waals surface area contributed by atoms with Crippen molar-refractivity contribution in [3.63, 3.8) is 0 Å². The molecule has 5 aromatic rings. The predicted octanol–water partition coefficient (Wildman–Crippen LogP) is 5.65. The second kappa shape index (κ2) is 9.19. The van der Waals surface area contributed by atoms with Crippen LogP contribution in [0.1, 0.15) is 51.5 Å².